The second-order valence-corrected chi connectivity index (χ2v) is 29.5. The monoisotopic (exact) mass is 1380 g/mol. The molecule has 97 heavy (non-hydrogen) atoms. The lowest BCUT2D eigenvalue weighted by Crippen LogP contribution is -2.42. The van der Waals surface area contributed by atoms with Crippen LogP contribution in [0.3, 0.4) is 0 Å². The van der Waals surface area contributed by atoms with Crippen molar-refractivity contribution in [3.8, 4) is 0 Å². The molecule has 25 heteroatoms. The van der Waals surface area contributed by atoms with E-state index in [-0.39, 0.29) is 63.4 Å². The molecule has 2 heterocycles. The summed E-state index contributed by atoms with van der Waals surface area (Å²) in [5.74, 6) is 2.51. The van der Waals surface area contributed by atoms with E-state index < -0.39 is 29.7 Å². The summed E-state index contributed by atoms with van der Waals surface area (Å²) in [6.07, 6.45) is 4.03. The van der Waals surface area contributed by atoms with E-state index in [1.54, 1.807) is 86.0 Å². The zero-order valence-corrected chi connectivity index (χ0v) is 61.4. The SMILES string of the molecule is CC1CC(C)CN(C(=O)c2ccc(Cl)cc2)C1.CCCN(CCC)C(=O)c1ccc([N+](=O)[O-])c(C)c1.Cc1cc(C(=O)N(C(C)C)C(C)C)ccc1[N+](=O)[O-].Cc1cc(C(=O)N(CC(C)C)CC(C)C)ccc1[N+](=O)[O-].Cc1cc(S(=O)(=O)N2CC(C)CC(C)C2)ccc1[N+](=O)[O-]. The third kappa shape index (κ3) is 25.3. The molecule has 7 rings (SSSR count). The molecule has 4 atom stereocenters. The molecule has 0 aromatic heterocycles. The van der Waals surface area contributed by atoms with E-state index in [1.165, 1.54) is 59.3 Å². The van der Waals surface area contributed by atoms with E-state index in [4.69, 9.17) is 11.6 Å². The normalized spacial score (nSPS) is 16.1. The highest BCUT2D eigenvalue weighted by molar-refractivity contribution is 7.89. The molecule has 5 aromatic rings. The molecule has 2 aliphatic heterocycles. The van der Waals surface area contributed by atoms with Crippen LogP contribution in [0, 0.1) is 104 Å². The summed E-state index contributed by atoms with van der Waals surface area (Å²) < 4.78 is 26.8. The third-order valence-corrected chi connectivity index (χ3v) is 18.2. The largest absolute Gasteiger partial charge is 0.339 e. The van der Waals surface area contributed by atoms with Gasteiger partial charge in [0.2, 0.25) is 10.0 Å². The van der Waals surface area contributed by atoms with Crippen LogP contribution in [-0.2, 0) is 10.0 Å². The van der Waals surface area contributed by atoms with Gasteiger partial charge in [-0.05, 0) is 189 Å². The minimum Gasteiger partial charge on any atom is -0.339 e. The van der Waals surface area contributed by atoms with Crippen molar-refractivity contribution in [2.45, 2.75) is 167 Å². The van der Waals surface area contributed by atoms with Gasteiger partial charge in [-0.15, -0.1) is 0 Å². The van der Waals surface area contributed by atoms with Crippen molar-refractivity contribution in [3.63, 3.8) is 0 Å². The standard InChI is InChI=1S/C16H24N2O3.C14H18ClNO.C14H20N2O4S.2C14H20N2O3/c1-11(2)9-17(10-12(3)4)16(19)14-6-7-15(18(20)21)13(5)8-14;1-10-7-11(2)9-16(8-10)14(17)12-3-5-13(15)6-4-12;1-10-6-11(2)9-15(8-10)21(19,20)13-4-5-14(16(17)18)12(3)7-13;1-9(2)15(10(3)4)14(17)12-6-7-13(16(18)19)11(5)8-12;1-4-8-15(9-5-2)14(17)12-6-7-13(16(18)19)11(3)10-12/h6-8,11-12H,9-10H2,1-5H3;3-6,10-11H,7-9H2,1-2H3;4-5,7,10-11H,6,8-9H2,1-3H3;6-10H,1-5H3;6-7,10H,4-5,8-9H2,1-3H3. The maximum atomic E-state index is 12.7. The molecule has 23 nitrogen and oxygen atoms in total. The van der Waals surface area contributed by atoms with Gasteiger partial charge in [-0.3, -0.25) is 59.6 Å². The molecule has 5 aromatic carbocycles. The molecule has 532 valence electrons. The van der Waals surface area contributed by atoms with Crippen LogP contribution in [0.4, 0.5) is 22.7 Å². The van der Waals surface area contributed by atoms with Gasteiger partial charge in [0.25, 0.3) is 46.4 Å². The number of piperidine rings is 2. The van der Waals surface area contributed by atoms with E-state index in [2.05, 4.69) is 41.5 Å². The number of aryl methyl sites for hydroxylation is 4. The lowest BCUT2D eigenvalue weighted by atomic mass is 9.91. The third-order valence-electron chi connectivity index (χ3n) is 16.1. The molecule has 0 aliphatic carbocycles. The lowest BCUT2D eigenvalue weighted by Gasteiger charge is -2.35. The Hall–Kier alpha value is -8.22. The van der Waals surface area contributed by atoms with Gasteiger partial charge in [-0.25, -0.2) is 8.42 Å². The Bertz CT molecular complexity index is 3600. The number of benzene rings is 5. The molecular weight excluding hydrogens is 1280 g/mol. The summed E-state index contributed by atoms with van der Waals surface area (Å²) in [5.41, 5.74) is 4.23. The molecule has 2 fully saturated rings. The van der Waals surface area contributed by atoms with E-state index >= 15 is 0 Å². The number of amides is 4. The number of rotatable bonds is 20. The summed E-state index contributed by atoms with van der Waals surface area (Å²) in [4.78, 5) is 98.5. The van der Waals surface area contributed by atoms with Crippen LogP contribution in [0.15, 0.2) is 102 Å². The van der Waals surface area contributed by atoms with E-state index in [0.717, 1.165) is 37.9 Å². The number of likely N-dealkylation sites (tertiary alicyclic amines) is 1. The summed E-state index contributed by atoms with van der Waals surface area (Å²) >= 11 is 5.82. The number of nitrogens with zero attached hydrogens (tertiary/aromatic N) is 9. The molecule has 0 N–H and O–H groups in total. The summed E-state index contributed by atoms with van der Waals surface area (Å²) in [7, 11) is -3.58. The molecule has 2 aliphatic rings. The average Bonchev–Trinajstić information content (AvgIpc) is 0.800. The Labute approximate surface area is 578 Å². The molecule has 4 amide bonds. The van der Waals surface area contributed by atoms with Crippen molar-refractivity contribution < 1.29 is 47.3 Å². The average molecular weight is 1390 g/mol. The zero-order chi connectivity index (χ0) is 73.5. The quantitative estimate of drug-likeness (QED) is 0.0517. The fourth-order valence-corrected chi connectivity index (χ4v) is 14.0. The molecule has 0 spiro atoms. The van der Waals surface area contributed by atoms with Gasteiger partial charge in [0.15, 0.2) is 0 Å². The number of halogens is 1. The van der Waals surface area contributed by atoms with Crippen LogP contribution >= 0.6 is 11.6 Å². The second-order valence-electron chi connectivity index (χ2n) is 27.1. The van der Waals surface area contributed by atoms with Crippen LogP contribution in [0.1, 0.15) is 186 Å². The van der Waals surface area contributed by atoms with Crippen LogP contribution in [0.5, 0.6) is 0 Å². The summed E-state index contributed by atoms with van der Waals surface area (Å²) in [6, 6.07) is 24.9. The van der Waals surface area contributed by atoms with Crippen molar-refractivity contribution in [3.05, 3.63) is 187 Å². The van der Waals surface area contributed by atoms with Gasteiger partial charge < -0.3 is 19.6 Å². The number of sulfonamides is 1. The van der Waals surface area contributed by atoms with Gasteiger partial charge in [-0.2, -0.15) is 4.31 Å². The molecular formula is C72H102ClN9O14S. The van der Waals surface area contributed by atoms with Gasteiger partial charge in [0, 0.05) is 138 Å². The Kier molecular flexibility index (Phi) is 33.1. The highest BCUT2D eigenvalue weighted by Crippen LogP contribution is 2.30. The van der Waals surface area contributed by atoms with Gasteiger partial charge in [-0.1, -0.05) is 80.8 Å². The predicted octanol–water partition coefficient (Wildman–Crippen LogP) is 16.0. The van der Waals surface area contributed by atoms with Gasteiger partial charge in [0.05, 0.1) is 24.6 Å². The van der Waals surface area contributed by atoms with Gasteiger partial charge in [0.1, 0.15) is 0 Å². The number of nitro groups is 4. The molecule has 4 unspecified atom stereocenters. The molecule has 2 saturated heterocycles. The van der Waals surface area contributed by atoms with Crippen molar-refractivity contribution in [1.82, 2.24) is 23.9 Å². The highest BCUT2D eigenvalue weighted by atomic mass is 35.5. The Morgan fingerprint density at radius 3 is 1.12 bits per heavy atom. The minimum absolute atomic E-state index is 0.0391. The van der Waals surface area contributed by atoms with Crippen LogP contribution in [0.25, 0.3) is 0 Å². The van der Waals surface area contributed by atoms with E-state index in [9.17, 15) is 68.1 Å². The van der Waals surface area contributed by atoms with Crippen molar-refractivity contribution in [2.24, 2.45) is 35.5 Å². The first-order chi connectivity index (χ1) is 45.2. The Morgan fingerprint density at radius 1 is 0.485 bits per heavy atom. The highest BCUT2D eigenvalue weighted by Gasteiger charge is 2.33. The number of hydrogen-bond donors (Lipinski definition) is 0. The zero-order valence-electron chi connectivity index (χ0n) is 59.9. The number of nitro benzene ring substituents is 4. The maximum Gasteiger partial charge on any atom is 0.272 e. The maximum absolute atomic E-state index is 12.7. The molecule has 0 saturated carbocycles. The van der Waals surface area contributed by atoms with Gasteiger partial charge >= 0.3 is 0 Å². The number of carbonyl (C=O) groups excluding carboxylic acids is 4. The van der Waals surface area contributed by atoms with Crippen molar-refractivity contribution in [2.75, 3.05) is 52.4 Å². The van der Waals surface area contributed by atoms with Crippen LogP contribution < -0.4 is 0 Å². The van der Waals surface area contributed by atoms with Crippen LogP contribution in [-0.4, -0.2) is 140 Å². The summed E-state index contributed by atoms with van der Waals surface area (Å²) in [6.45, 7) is 40.7. The fourth-order valence-electron chi connectivity index (χ4n) is 12.1. The predicted molar refractivity (Wildman–Crippen MR) is 382 cm³/mol. The van der Waals surface area contributed by atoms with E-state index in [1.807, 2.05) is 65.2 Å². The minimum atomic E-state index is -3.58. The first-order valence-electron chi connectivity index (χ1n) is 33.2. The Morgan fingerprint density at radius 2 is 0.804 bits per heavy atom. The van der Waals surface area contributed by atoms with E-state index in [0.29, 0.717) is 119 Å². The Balaban J connectivity index is 0.000000316. The van der Waals surface area contributed by atoms with Crippen molar-refractivity contribution in [1.29, 1.82) is 0 Å². The molecule has 0 radical (unpaired) electrons. The second kappa shape index (κ2) is 38.7. The lowest BCUT2D eigenvalue weighted by molar-refractivity contribution is -0.385. The molecule has 0 bridgehead atoms. The summed E-state index contributed by atoms with van der Waals surface area (Å²) in [5, 5.41) is 43.8. The number of hydrogen-bond acceptors (Lipinski definition) is 14. The first kappa shape index (κ1) is 83.0. The number of carbonyl (C=O) groups is 4. The van der Waals surface area contributed by atoms with Crippen molar-refractivity contribution >= 4 is 68.0 Å². The van der Waals surface area contributed by atoms with Crippen LogP contribution in [0.2, 0.25) is 5.02 Å². The first-order valence-corrected chi connectivity index (χ1v) is 35.0. The topological polar surface area (TPSA) is 291 Å². The smallest absolute Gasteiger partial charge is 0.272 e. The fraction of sp³-hybridized carbons (Fsp3) is 0.528.